The molecule has 0 spiro atoms. The highest BCUT2D eigenvalue weighted by molar-refractivity contribution is 7.75. The van der Waals surface area contributed by atoms with Crippen LogP contribution in [0.2, 0.25) is 0 Å². The molecule has 1 amide bonds. The second-order valence-corrected chi connectivity index (χ2v) is 12.9. The Morgan fingerprint density at radius 3 is 2.58 bits per heavy atom. The highest BCUT2D eigenvalue weighted by atomic mass is 32.1. The van der Waals surface area contributed by atoms with Crippen molar-refractivity contribution in [3.63, 3.8) is 0 Å². The summed E-state index contributed by atoms with van der Waals surface area (Å²) in [5.74, 6) is 0.606. The minimum atomic E-state index is -2.59. The number of fused-ring (bicyclic) bond motifs is 1. The zero-order valence-corrected chi connectivity index (χ0v) is 21.0. The number of hydrogen-bond donors (Lipinski definition) is 2. The molecule has 0 aromatic carbocycles. The van der Waals surface area contributed by atoms with E-state index < -0.39 is 7.14 Å². The summed E-state index contributed by atoms with van der Waals surface area (Å²) in [6.45, 7) is 7.27. The van der Waals surface area contributed by atoms with Crippen LogP contribution in [0.1, 0.15) is 21.7 Å². The highest BCUT2D eigenvalue weighted by Gasteiger charge is 2.24. The van der Waals surface area contributed by atoms with Gasteiger partial charge in [0, 0.05) is 49.1 Å². The zero-order valence-electron chi connectivity index (χ0n) is 19.3. The highest BCUT2D eigenvalue weighted by Crippen LogP contribution is 2.46. The van der Waals surface area contributed by atoms with Crippen LogP contribution < -0.4 is 20.2 Å². The van der Waals surface area contributed by atoms with E-state index in [0.717, 1.165) is 11.3 Å². The number of aryl methyl sites for hydroxylation is 3. The lowest BCUT2D eigenvalue weighted by Gasteiger charge is -2.09. The molecule has 0 radical (unpaired) electrons. The Bertz CT molecular complexity index is 1490. The molecule has 0 aliphatic rings. The maximum Gasteiger partial charge on any atom is 0.274 e. The largest absolute Gasteiger partial charge is 0.437 e. The lowest BCUT2D eigenvalue weighted by Crippen LogP contribution is -2.19. The normalized spacial score (nSPS) is 11.7. The van der Waals surface area contributed by atoms with E-state index in [4.69, 9.17) is 4.74 Å². The molecule has 0 atom stereocenters. The van der Waals surface area contributed by atoms with Gasteiger partial charge in [-0.05, 0) is 44.9 Å². The van der Waals surface area contributed by atoms with Crippen molar-refractivity contribution in [2.45, 2.75) is 13.8 Å². The van der Waals surface area contributed by atoms with Gasteiger partial charge in [0.15, 0.2) is 0 Å². The Kier molecular flexibility index (Phi) is 5.80. The Hall–Kier alpha value is -3.16. The van der Waals surface area contributed by atoms with Gasteiger partial charge < -0.3 is 24.2 Å². The van der Waals surface area contributed by atoms with Crippen molar-refractivity contribution in [1.82, 2.24) is 19.9 Å². The smallest absolute Gasteiger partial charge is 0.274 e. The van der Waals surface area contributed by atoms with Crippen molar-refractivity contribution < 1.29 is 14.1 Å². The number of carbonyl (C=O) groups excluding carboxylic acids is 1. The van der Waals surface area contributed by atoms with Crippen molar-refractivity contribution in [3.05, 3.63) is 57.8 Å². The average molecular weight is 485 g/mol. The molecule has 172 valence electrons. The molecule has 33 heavy (non-hydrogen) atoms. The SMILES string of the molecule is CNC(=O)c1cc2c(-c3sc(P(C)(C)=O)cc3Oc3cc(C)cc(C)n3)cn(C)c(=O)c2[nH]1. The quantitative estimate of drug-likeness (QED) is 0.417. The summed E-state index contributed by atoms with van der Waals surface area (Å²) in [6.07, 6.45) is 1.71. The molecule has 0 bridgehead atoms. The van der Waals surface area contributed by atoms with Gasteiger partial charge in [-0.3, -0.25) is 9.59 Å². The van der Waals surface area contributed by atoms with E-state index in [1.165, 1.54) is 23.0 Å². The molecule has 4 heterocycles. The molecule has 4 aromatic heterocycles. The number of nitrogens with one attached hydrogen (secondary N) is 2. The Morgan fingerprint density at radius 2 is 1.94 bits per heavy atom. The predicted octanol–water partition coefficient (Wildman–Crippen LogP) is 4.01. The number of ether oxygens (including phenoxy) is 1. The van der Waals surface area contributed by atoms with E-state index in [-0.39, 0.29) is 17.2 Å². The fourth-order valence-corrected chi connectivity index (χ4v) is 6.06. The van der Waals surface area contributed by atoms with Gasteiger partial charge >= 0.3 is 0 Å². The summed E-state index contributed by atoms with van der Waals surface area (Å²) >= 11 is 1.35. The first-order valence-electron chi connectivity index (χ1n) is 10.2. The number of nitrogens with zero attached hydrogens (tertiary/aromatic N) is 2. The summed E-state index contributed by atoms with van der Waals surface area (Å²) < 4.78 is 21.3. The van der Waals surface area contributed by atoms with Crippen molar-refractivity contribution >= 4 is 39.9 Å². The maximum absolute atomic E-state index is 12.9. The fraction of sp³-hybridized carbons (Fsp3) is 0.261. The van der Waals surface area contributed by atoms with Gasteiger partial charge in [0.1, 0.15) is 24.1 Å². The molecule has 4 aromatic rings. The summed E-state index contributed by atoms with van der Waals surface area (Å²) in [5, 5.41) is 3.16. The topological polar surface area (TPSA) is 106 Å². The number of rotatable bonds is 5. The van der Waals surface area contributed by atoms with Gasteiger partial charge in [0.2, 0.25) is 5.88 Å². The van der Waals surface area contributed by atoms with E-state index in [1.54, 1.807) is 38.7 Å². The van der Waals surface area contributed by atoms with Crippen LogP contribution in [0.25, 0.3) is 21.3 Å². The van der Waals surface area contributed by atoms with Crippen molar-refractivity contribution in [3.8, 4) is 22.1 Å². The van der Waals surface area contributed by atoms with Gasteiger partial charge in [-0.2, -0.15) is 0 Å². The lowest BCUT2D eigenvalue weighted by molar-refractivity contribution is 0.0959. The molecular formula is C23H25N4O4PS. The van der Waals surface area contributed by atoms with Crippen LogP contribution in [0.5, 0.6) is 11.6 Å². The maximum atomic E-state index is 12.9. The van der Waals surface area contributed by atoms with Crippen LogP contribution in [0.15, 0.2) is 35.3 Å². The molecular weight excluding hydrogens is 459 g/mol. The van der Waals surface area contributed by atoms with Crippen LogP contribution in [-0.2, 0) is 11.6 Å². The Balaban J connectivity index is 1.98. The first kappa shape index (κ1) is 23.0. The fourth-order valence-electron chi connectivity index (χ4n) is 3.63. The number of thiophene rings is 1. The minimum absolute atomic E-state index is 0.254. The molecule has 8 nitrogen and oxygen atoms in total. The lowest BCUT2D eigenvalue weighted by atomic mass is 10.1. The second kappa shape index (κ2) is 8.32. The van der Waals surface area contributed by atoms with E-state index in [0.29, 0.717) is 37.6 Å². The van der Waals surface area contributed by atoms with E-state index in [2.05, 4.69) is 15.3 Å². The van der Waals surface area contributed by atoms with Crippen molar-refractivity contribution in [2.75, 3.05) is 20.4 Å². The standard InChI is InChI=1S/C23H25N4O4PS/c1-12-7-13(2)25-18(8-12)31-17-10-19(32(5,6)30)33-21(17)15-11-27(4)23(29)20-14(15)9-16(26-20)22(28)24-3/h7-11,26H,1-6H3,(H,24,28). The predicted molar refractivity (Wildman–Crippen MR) is 133 cm³/mol. The van der Waals surface area contributed by atoms with Gasteiger partial charge in [0.25, 0.3) is 11.5 Å². The van der Waals surface area contributed by atoms with E-state index in [1.807, 2.05) is 26.0 Å². The second-order valence-electron chi connectivity index (χ2n) is 8.36. The summed E-state index contributed by atoms with van der Waals surface area (Å²) in [5.41, 5.74) is 2.87. The monoisotopic (exact) mass is 484 g/mol. The first-order valence-corrected chi connectivity index (χ1v) is 13.7. The number of H-pyrrole nitrogens is 1. The van der Waals surface area contributed by atoms with E-state index in [9.17, 15) is 14.2 Å². The molecule has 10 heteroatoms. The number of amides is 1. The van der Waals surface area contributed by atoms with Crippen LogP contribution in [-0.4, -0.2) is 40.8 Å². The summed E-state index contributed by atoms with van der Waals surface area (Å²) in [4.78, 5) is 33.1. The number of aromatic amines is 1. The number of pyridine rings is 2. The molecule has 0 aliphatic heterocycles. The Labute approximate surface area is 195 Å². The summed E-state index contributed by atoms with van der Waals surface area (Å²) in [7, 11) is 0.591. The summed E-state index contributed by atoms with van der Waals surface area (Å²) in [6, 6.07) is 7.22. The van der Waals surface area contributed by atoms with Crippen LogP contribution >= 0.6 is 18.5 Å². The third-order valence-electron chi connectivity index (χ3n) is 5.19. The minimum Gasteiger partial charge on any atom is -0.437 e. The number of hydrogen-bond acceptors (Lipinski definition) is 6. The number of aromatic nitrogens is 3. The third-order valence-corrected chi connectivity index (χ3v) is 8.92. The van der Waals surface area contributed by atoms with Gasteiger partial charge in [-0.25, -0.2) is 4.98 Å². The first-order chi connectivity index (χ1) is 15.5. The van der Waals surface area contributed by atoms with Gasteiger partial charge in [0.05, 0.1) is 9.50 Å². The van der Waals surface area contributed by atoms with Crippen LogP contribution in [0.4, 0.5) is 0 Å². The molecule has 0 saturated heterocycles. The Morgan fingerprint density at radius 1 is 1.21 bits per heavy atom. The van der Waals surface area contributed by atoms with E-state index >= 15 is 0 Å². The van der Waals surface area contributed by atoms with Crippen LogP contribution in [0, 0.1) is 13.8 Å². The molecule has 0 aliphatic carbocycles. The van der Waals surface area contributed by atoms with Gasteiger partial charge in [-0.1, -0.05) is 0 Å². The van der Waals surface area contributed by atoms with Crippen LogP contribution in [0.3, 0.4) is 0 Å². The van der Waals surface area contributed by atoms with Gasteiger partial charge in [-0.15, -0.1) is 11.3 Å². The van der Waals surface area contributed by atoms with Crippen molar-refractivity contribution in [1.29, 1.82) is 0 Å². The zero-order chi connectivity index (χ0) is 24.1. The molecule has 0 fully saturated rings. The molecule has 2 N–H and O–H groups in total. The van der Waals surface area contributed by atoms with Crippen molar-refractivity contribution in [2.24, 2.45) is 7.05 Å². The molecule has 0 unspecified atom stereocenters. The average Bonchev–Trinajstić information content (AvgIpc) is 3.34. The number of carbonyl (C=O) groups is 1. The third kappa shape index (κ3) is 4.38. The molecule has 0 saturated carbocycles. The molecule has 4 rings (SSSR count).